The summed E-state index contributed by atoms with van der Waals surface area (Å²) in [6, 6.07) is 0. The van der Waals surface area contributed by atoms with Crippen LogP contribution in [0.3, 0.4) is 0 Å². The molecule has 0 spiro atoms. The van der Waals surface area contributed by atoms with E-state index in [2.05, 4.69) is 20.2 Å². The molecular weight excluding hydrogens is 148 g/mol. The number of azo groups is 1. The van der Waals surface area contributed by atoms with Crippen LogP contribution in [0.25, 0.3) is 0 Å². The van der Waals surface area contributed by atoms with Gasteiger partial charge >= 0.3 is 11.8 Å². The van der Waals surface area contributed by atoms with E-state index in [1.165, 1.54) is 6.33 Å². The Kier molecular flexibility index (Phi) is 0.974. The van der Waals surface area contributed by atoms with Gasteiger partial charge in [-0.25, -0.2) is 4.98 Å². The van der Waals surface area contributed by atoms with Crippen LogP contribution in [0.5, 0.6) is 0 Å². The highest BCUT2D eigenvalue weighted by Gasteiger charge is 2.24. The molecule has 1 aliphatic rings. The summed E-state index contributed by atoms with van der Waals surface area (Å²) in [7, 11) is 0. The van der Waals surface area contributed by atoms with E-state index < -0.39 is 11.8 Å². The number of aromatic amines is 1. The van der Waals surface area contributed by atoms with Gasteiger partial charge in [0, 0.05) is 0 Å². The maximum Gasteiger partial charge on any atom is 0.316 e. The second-order valence-corrected chi connectivity index (χ2v) is 1.94. The second-order valence-electron chi connectivity index (χ2n) is 1.94. The zero-order valence-electron chi connectivity index (χ0n) is 5.24. The van der Waals surface area contributed by atoms with Gasteiger partial charge in [0.1, 0.15) is 5.69 Å². The third-order valence-corrected chi connectivity index (χ3v) is 1.29. The van der Waals surface area contributed by atoms with E-state index in [0.29, 0.717) is 0 Å². The first-order chi connectivity index (χ1) is 5.29. The molecular formula is C5H2N4O2. The van der Waals surface area contributed by atoms with Crippen LogP contribution in [0.4, 0.5) is 0 Å². The molecule has 6 heteroatoms. The van der Waals surface area contributed by atoms with Crippen LogP contribution >= 0.6 is 0 Å². The fraction of sp³-hybridized carbons (Fsp3) is 0. The number of nitrogens with one attached hydrogen (secondary N) is 1. The number of fused-ring (bicyclic) bond motifs is 1. The average molecular weight is 150 g/mol. The lowest BCUT2D eigenvalue weighted by molar-refractivity contribution is 0.0915. The minimum absolute atomic E-state index is 0.0463. The van der Waals surface area contributed by atoms with Gasteiger partial charge in [-0.15, -0.1) is 10.2 Å². The largest absolute Gasteiger partial charge is 0.340 e. The molecule has 1 aliphatic heterocycles. The predicted molar refractivity (Wildman–Crippen MR) is 32.1 cm³/mol. The molecule has 0 fully saturated rings. The molecule has 0 atom stereocenters. The smallest absolute Gasteiger partial charge is 0.316 e. The molecule has 1 N–H and O–H groups in total. The first kappa shape index (κ1) is 5.90. The topological polar surface area (TPSA) is 87.5 Å². The standard InChI is InChI=1S/C5H2N4O2/c10-4-2-3(7-1-6-2)5(11)9-8-4/h1H,(H,6,7). The summed E-state index contributed by atoms with van der Waals surface area (Å²) in [4.78, 5) is 27.7. The lowest BCUT2D eigenvalue weighted by atomic mass is 10.3. The number of rotatable bonds is 0. The molecule has 6 nitrogen and oxygen atoms in total. The number of hydrogen-bond donors (Lipinski definition) is 1. The van der Waals surface area contributed by atoms with Crippen LogP contribution in [0.2, 0.25) is 0 Å². The van der Waals surface area contributed by atoms with Crippen molar-refractivity contribution in [3.05, 3.63) is 17.7 Å². The SMILES string of the molecule is O=C1N=NC(=O)c2[nH]cnc21. The van der Waals surface area contributed by atoms with Crippen LogP contribution in [0.1, 0.15) is 21.0 Å². The molecule has 2 rings (SSSR count). The Hall–Kier alpha value is -1.85. The minimum Gasteiger partial charge on any atom is -0.340 e. The highest BCUT2D eigenvalue weighted by atomic mass is 16.2. The van der Waals surface area contributed by atoms with Gasteiger partial charge in [-0.05, 0) is 0 Å². The van der Waals surface area contributed by atoms with E-state index >= 15 is 0 Å². The van der Waals surface area contributed by atoms with Gasteiger partial charge in [0.25, 0.3) is 0 Å². The Morgan fingerprint density at radius 2 is 1.91 bits per heavy atom. The number of nitrogens with zero attached hydrogens (tertiary/aromatic N) is 3. The minimum atomic E-state index is -0.583. The Morgan fingerprint density at radius 3 is 2.64 bits per heavy atom. The fourth-order valence-corrected chi connectivity index (χ4v) is 0.808. The van der Waals surface area contributed by atoms with Gasteiger partial charge in [-0.3, -0.25) is 9.59 Å². The van der Waals surface area contributed by atoms with Crippen molar-refractivity contribution in [3.63, 3.8) is 0 Å². The zero-order chi connectivity index (χ0) is 7.84. The Bertz CT molecular complexity index is 332. The van der Waals surface area contributed by atoms with E-state index in [1.54, 1.807) is 0 Å². The molecule has 0 aliphatic carbocycles. The number of H-pyrrole nitrogens is 1. The van der Waals surface area contributed by atoms with Gasteiger partial charge < -0.3 is 4.98 Å². The first-order valence-electron chi connectivity index (χ1n) is 2.83. The normalized spacial score (nSPS) is 15.3. The lowest BCUT2D eigenvalue weighted by Crippen LogP contribution is -2.10. The summed E-state index contributed by atoms with van der Waals surface area (Å²) in [6.45, 7) is 0. The highest BCUT2D eigenvalue weighted by Crippen LogP contribution is 2.11. The van der Waals surface area contributed by atoms with E-state index in [-0.39, 0.29) is 11.4 Å². The number of carbonyl (C=O) groups excluding carboxylic acids is 2. The van der Waals surface area contributed by atoms with Gasteiger partial charge in [-0.2, -0.15) is 0 Å². The fourth-order valence-electron chi connectivity index (χ4n) is 0.808. The lowest BCUT2D eigenvalue weighted by Gasteiger charge is -1.96. The molecule has 1 aromatic heterocycles. The number of carbonyl (C=O) groups is 2. The van der Waals surface area contributed by atoms with E-state index in [9.17, 15) is 9.59 Å². The molecule has 54 valence electrons. The molecule has 0 aromatic carbocycles. The van der Waals surface area contributed by atoms with Crippen molar-refractivity contribution < 1.29 is 9.59 Å². The number of hydrogen-bond acceptors (Lipinski definition) is 3. The monoisotopic (exact) mass is 150 g/mol. The summed E-state index contributed by atoms with van der Waals surface area (Å²) < 4.78 is 0. The molecule has 2 heterocycles. The summed E-state index contributed by atoms with van der Waals surface area (Å²) in [5.74, 6) is -1.14. The van der Waals surface area contributed by atoms with E-state index in [0.717, 1.165) is 0 Å². The van der Waals surface area contributed by atoms with Crippen molar-refractivity contribution in [3.8, 4) is 0 Å². The summed E-state index contributed by atoms with van der Waals surface area (Å²) >= 11 is 0. The van der Waals surface area contributed by atoms with Crippen molar-refractivity contribution in [2.24, 2.45) is 10.2 Å². The van der Waals surface area contributed by atoms with E-state index in [4.69, 9.17) is 0 Å². The van der Waals surface area contributed by atoms with Crippen molar-refractivity contribution >= 4 is 11.8 Å². The summed E-state index contributed by atoms with van der Waals surface area (Å²) in [5, 5.41) is 6.17. The van der Waals surface area contributed by atoms with Crippen LogP contribution in [0.15, 0.2) is 16.6 Å². The molecule has 0 bridgehead atoms. The Labute approximate surface area is 60.4 Å². The van der Waals surface area contributed by atoms with E-state index in [1.807, 2.05) is 0 Å². The van der Waals surface area contributed by atoms with Crippen molar-refractivity contribution in [1.29, 1.82) is 0 Å². The molecule has 0 saturated carbocycles. The van der Waals surface area contributed by atoms with Crippen LogP contribution in [0, 0.1) is 0 Å². The zero-order valence-corrected chi connectivity index (χ0v) is 5.24. The quantitative estimate of drug-likeness (QED) is 0.571. The summed E-state index contributed by atoms with van der Waals surface area (Å²) in [6.07, 6.45) is 1.26. The molecule has 0 saturated heterocycles. The van der Waals surface area contributed by atoms with Gasteiger partial charge in [0.15, 0.2) is 5.69 Å². The van der Waals surface area contributed by atoms with Crippen molar-refractivity contribution in [2.45, 2.75) is 0 Å². The molecule has 1 aromatic rings. The third kappa shape index (κ3) is 0.689. The van der Waals surface area contributed by atoms with Crippen LogP contribution in [-0.4, -0.2) is 21.8 Å². The predicted octanol–water partition coefficient (Wildman–Crippen LogP) is 0.156. The van der Waals surface area contributed by atoms with Gasteiger partial charge in [0.05, 0.1) is 6.33 Å². The van der Waals surface area contributed by atoms with Crippen LogP contribution < -0.4 is 0 Å². The van der Waals surface area contributed by atoms with Crippen molar-refractivity contribution in [2.75, 3.05) is 0 Å². The summed E-state index contributed by atoms with van der Waals surface area (Å²) in [5.41, 5.74) is 0.162. The van der Waals surface area contributed by atoms with Crippen LogP contribution in [-0.2, 0) is 0 Å². The van der Waals surface area contributed by atoms with Crippen molar-refractivity contribution in [1.82, 2.24) is 9.97 Å². The Balaban J connectivity index is 2.68. The maximum atomic E-state index is 10.8. The molecule has 11 heavy (non-hydrogen) atoms. The van der Waals surface area contributed by atoms with Gasteiger partial charge in [-0.1, -0.05) is 0 Å². The number of aromatic nitrogens is 2. The molecule has 0 radical (unpaired) electrons. The molecule has 0 unspecified atom stereocenters. The van der Waals surface area contributed by atoms with Gasteiger partial charge in [0.2, 0.25) is 0 Å². The molecule has 2 amide bonds. The first-order valence-corrected chi connectivity index (χ1v) is 2.83. The Morgan fingerprint density at radius 1 is 1.18 bits per heavy atom. The average Bonchev–Trinajstić information content (AvgIpc) is 2.45. The maximum absolute atomic E-state index is 10.8. The number of imidazole rings is 1. The third-order valence-electron chi connectivity index (χ3n) is 1.29. The second kappa shape index (κ2) is 1.82. The highest BCUT2D eigenvalue weighted by molar-refractivity contribution is 6.08. The number of amides is 2.